The van der Waals surface area contributed by atoms with Crippen molar-refractivity contribution in [2.24, 2.45) is 5.92 Å². The molecule has 6 nitrogen and oxygen atoms in total. The van der Waals surface area contributed by atoms with Crippen molar-refractivity contribution in [3.8, 4) is 11.4 Å². The molecule has 0 bridgehead atoms. The van der Waals surface area contributed by atoms with Gasteiger partial charge in [-0.05, 0) is 73.4 Å². The minimum atomic E-state index is -0.360. The van der Waals surface area contributed by atoms with E-state index in [1.165, 1.54) is 30.7 Å². The average molecular weight is 471 g/mol. The Morgan fingerprint density at radius 3 is 2.37 bits per heavy atom. The number of nitrogens with zero attached hydrogens (tertiary/aromatic N) is 1. The van der Waals surface area contributed by atoms with Gasteiger partial charge >= 0.3 is 0 Å². The molecule has 0 saturated heterocycles. The van der Waals surface area contributed by atoms with Crippen LogP contribution in [0.5, 0.6) is 0 Å². The molecule has 0 radical (unpaired) electrons. The highest BCUT2D eigenvalue weighted by Crippen LogP contribution is 2.25. The summed E-state index contributed by atoms with van der Waals surface area (Å²) in [7, 11) is 0. The molecule has 0 spiro atoms. The zero-order valence-electron chi connectivity index (χ0n) is 19.5. The molecule has 5 rings (SSSR count). The van der Waals surface area contributed by atoms with Crippen LogP contribution in [0.3, 0.4) is 0 Å². The van der Waals surface area contributed by atoms with Gasteiger partial charge in [0.05, 0.1) is 11.0 Å². The highest BCUT2D eigenvalue weighted by Gasteiger charge is 2.23. The van der Waals surface area contributed by atoms with Crippen molar-refractivity contribution in [2.75, 3.05) is 5.32 Å². The predicted octanol–water partition coefficient (Wildman–Crippen LogP) is 5.93. The Hall–Kier alpha value is -4.00. The molecule has 1 fully saturated rings. The van der Waals surface area contributed by atoms with Crippen molar-refractivity contribution in [3.63, 3.8) is 0 Å². The lowest BCUT2D eigenvalue weighted by atomic mass is 9.86. The molecule has 2 amide bonds. The van der Waals surface area contributed by atoms with Crippen LogP contribution in [0.25, 0.3) is 22.4 Å². The maximum Gasteiger partial charge on any atom is 0.255 e. The molecule has 178 valence electrons. The molecular weight excluding hydrogens is 443 g/mol. The largest absolute Gasteiger partial charge is 0.349 e. The first-order valence-corrected chi connectivity index (χ1v) is 11.9. The van der Waals surface area contributed by atoms with E-state index in [2.05, 4.69) is 27.5 Å². The summed E-state index contributed by atoms with van der Waals surface area (Å²) in [6.45, 7) is 2.20. The fourth-order valence-corrected chi connectivity index (χ4v) is 4.58. The summed E-state index contributed by atoms with van der Waals surface area (Å²) >= 11 is 0. The highest BCUT2D eigenvalue weighted by molar-refractivity contribution is 6.06. The molecular formula is C28H27FN4O2. The van der Waals surface area contributed by atoms with Gasteiger partial charge in [0.25, 0.3) is 11.8 Å². The maximum absolute atomic E-state index is 13.1. The number of rotatable bonds is 5. The van der Waals surface area contributed by atoms with Crippen molar-refractivity contribution in [1.29, 1.82) is 0 Å². The number of H-pyrrole nitrogens is 1. The average Bonchev–Trinajstić information content (AvgIpc) is 3.30. The van der Waals surface area contributed by atoms with Gasteiger partial charge in [0.1, 0.15) is 11.6 Å². The maximum atomic E-state index is 13.1. The number of hydrogen-bond acceptors (Lipinski definition) is 3. The molecule has 1 aromatic heterocycles. The Kier molecular flexibility index (Phi) is 6.31. The normalized spacial score (nSPS) is 17.8. The second-order valence-corrected chi connectivity index (χ2v) is 9.20. The molecule has 3 aromatic carbocycles. The van der Waals surface area contributed by atoms with Gasteiger partial charge in [-0.3, -0.25) is 9.59 Å². The van der Waals surface area contributed by atoms with Crippen LogP contribution in [0.15, 0.2) is 66.7 Å². The topological polar surface area (TPSA) is 86.9 Å². The number of carbonyl (C=O) groups excluding carboxylic acids is 2. The molecule has 4 aromatic rings. The molecule has 35 heavy (non-hydrogen) atoms. The Balaban J connectivity index is 1.29. The number of aromatic nitrogens is 2. The summed E-state index contributed by atoms with van der Waals surface area (Å²) in [5, 5.41) is 5.94. The molecule has 2 unspecified atom stereocenters. The summed E-state index contributed by atoms with van der Waals surface area (Å²) in [4.78, 5) is 33.2. The van der Waals surface area contributed by atoms with Crippen LogP contribution in [-0.4, -0.2) is 27.8 Å². The zero-order chi connectivity index (χ0) is 24.4. The van der Waals surface area contributed by atoms with Gasteiger partial charge in [-0.1, -0.05) is 31.9 Å². The number of anilines is 1. The number of aromatic amines is 1. The molecule has 1 heterocycles. The number of benzene rings is 3. The van der Waals surface area contributed by atoms with Crippen LogP contribution in [0.4, 0.5) is 10.1 Å². The number of amides is 2. The van der Waals surface area contributed by atoms with Gasteiger partial charge in [-0.25, -0.2) is 9.37 Å². The minimum Gasteiger partial charge on any atom is -0.349 e. The predicted molar refractivity (Wildman–Crippen MR) is 135 cm³/mol. The van der Waals surface area contributed by atoms with Crippen molar-refractivity contribution < 1.29 is 14.0 Å². The SMILES string of the molecule is CC1CCCCC1NC(=O)c1ccc(-c2nc3cc(C(=O)Nc4ccc(F)cc4)ccc3[nH]2)cc1. The van der Waals surface area contributed by atoms with Gasteiger partial charge in [0, 0.05) is 28.4 Å². The Morgan fingerprint density at radius 1 is 0.914 bits per heavy atom. The number of imidazole rings is 1. The lowest BCUT2D eigenvalue weighted by Gasteiger charge is -2.29. The number of carbonyl (C=O) groups is 2. The Labute approximate surface area is 203 Å². The van der Waals surface area contributed by atoms with Crippen LogP contribution in [0.1, 0.15) is 53.3 Å². The van der Waals surface area contributed by atoms with Crippen molar-refractivity contribution in [2.45, 2.75) is 38.6 Å². The van der Waals surface area contributed by atoms with Gasteiger partial charge in [0.2, 0.25) is 0 Å². The molecule has 7 heteroatoms. The first-order valence-electron chi connectivity index (χ1n) is 11.9. The second kappa shape index (κ2) is 9.70. The van der Waals surface area contributed by atoms with E-state index in [0.29, 0.717) is 34.1 Å². The first kappa shape index (κ1) is 22.8. The second-order valence-electron chi connectivity index (χ2n) is 9.20. The molecule has 0 aliphatic heterocycles. The fourth-order valence-electron chi connectivity index (χ4n) is 4.58. The fraction of sp³-hybridized carbons (Fsp3) is 0.250. The number of nitrogens with one attached hydrogen (secondary N) is 3. The lowest BCUT2D eigenvalue weighted by Crippen LogP contribution is -2.41. The molecule has 1 saturated carbocycles. The van der Waals surface area contributed by atoms with E-state index in [1.807, 2.05) is 24.3 Å². The van der Waals surface area contributed by atoms with Gasteiger partial charge in [0.15, 0.2) is 0 Å². The summed E-state index contributed by atoms with van der Waals surface area (Å²) in [6, 6.07) is 18.5. The third kappa shape index (κ3) is 5.09. The molecule has 2 atom stereocenters. The Morgan fingerprint density at radius 2 is 1.63 bits per heavy atom. The standard InChI is InChI=1S/C28H27FN4O2/c1-17-4-2-3-5-23(17)33-27(34)19-8-6-18(7-9-19)26-31-24-15-10-20(16-25(24)32-26)28(35)30-22-13-11-21(29)12-14-22/h6-17,23H,2-5H2,1H3,(H,30,35)(H,31,32)(H,33,34). The van der Waals surface area contributed by atoms with Crippen LogP contribution in [0, 0.1) is 11.7 Å². The summed E-state index contributed by atoms with van der Waals surface area (Å²) in [6.07, 6.45) is 4.59. The molecule has 1 aliphatic carbocycles. The number of fused-ring (bicyclic) bond motifs is 1. The zero-order valence-corrected chi connectivity index (χ0v) is 19.5. The van der Waals surface area contributed by atoms with E-state index in [1.54, 1.807) is 18.2 Å². The van der Waals surface area contributed by atoms with Crippen molar-refractivity contribution in [1.82, 2.24) is 15.3 Å². The minimum absolute atomic E-state index is 0.0447. The van der Waals surface area contributed by atoms with E-state index in [0.717, 1.165) is 30.3 Å². The summed E-state index contributed by atoms with van der Waals surface area (Å²) < 4.78 is 13.1. The van der Waals surface area contributed by atoms with Crippen LogP contribution < -0.4 is 10.6 Å². The summed E-state index contributed by atoms with van der Waals surface area (Å²) in [5.41, 5.74) is 3.89. The van der Waals surface area contributed by atoms with Gasteiger partial charge in [-0.15, -0.1) is 0 Å². The third-order valence-electron chi connectivity index (χ3n) is 6.70. The number of halogens is 1. The molecule has 3 N–H and O–H groups in total. The first-order chi connectivity index (χ1) is 17.0. The summed E-state index contributed by atoms with van der Waals surface area (Å²) in [5.74, 6) is 0.456. The quantitative estimate of drug-likeness (QED) is 0.338. The van der Waals surface area contributed by atoms with Crippen LogP contribution >= 0.6 is 0 Å². The monoisotopic (exact) mass is 470 g/mol. The Bertz CT molecular complexity index is 1360. The van der Waals surface area contributed by atoms with Gasteiger partial charge in [-0.2, -0.15) is 0 Å². The van der Waals surface area contributed by atoms with Crippen LogP contribution in [0.2, 0.25) is 0 Å². The highest BCUT2D eigenvalue weighted by atomic mass is 19.1. The van der Waals surface area contributed by atoms with E-state index in [9.17, 15) is 14.0 Å². The smallest absolute Gasteiger partial charge is 0.255 e. The van der Waals surface area contributed by atoms with Crippen molar-refractivity contribution >= 4 is 28.5 Å². The third-order valence-corrected chi connectivity index (χ3v) is 6.70. The van der Waals surface area contributed by atoms with Gasteiger partial charge < -0.3 is 15.6 Å². The van der Waals surface area contributed by atoms with E-state index < -0.39 is 0 Å². The van der Waals surface area contributed by atoms with E-state index in [-0.39, 0.29) is 23.7 Å². The van der Waals surface area contributed by atoms with Crippen LogP contribution in [-0.2, 0) is 0 Å². The molecule has 1 aliphatic rings. The van der Waals surface area contributed by atoms with E-state index in [4.69, 9.17) is 0 Å². The lowest BCUT2D eigenvalue weighted by molar-refractivity contribution is 0.0909. The van der Waals surface area contributed by atoms with Crippen molar-refractivity contribution in [3.05, 3.63) is 83.7 Å². The van der Waals surface area contributed by atoms with E-state index >= 15 is 0 Å². The number of hydrogen-bond donors (Lipinski definition) is 3.